The fourth-order valence-corrected chi connectivity index (χ4v) is 3.80. The predicted molar refractivity (Wildman–Crippen MR) is 86.3 cm³/mol. The summed E-state index contributed by atoms with van der Waals surface area (Å²) in [5, 5.41) is 3.51. The Morgan fingerprint density at radius 3 is 2.57 bits per heavy atom. The number of amides is 1. The van der Waals surface area contributed by atoms with Crippen LogP contribution in [0.25, 0.3) is 0 Å². The van der Waals surface area contributed by atoms with Gasteiger partial charge in [0.15, 0.2) is 0 Å². The first kappa shape index (κ1) is 14.3. The number of carbonyl (C=O) groups is 1. The summed E-state index contributed by atoms with van der Waals surface area (Å²) in [5.41, 5.74) is 1.20. The van der Waals surface area contributed by atoms with Crippen LogP contribution in [0.2, 0.25) is 0 Å². The molecule has 3 rings (SSSR count). The van der Waals surface area contributed by atoms with Gasteiger partial charge >= 0.3 is 0 Å². The van der Waals surface area contributed by atoms with Crippen LogP contribution >= 0.6 is 11.3 Å². The van der Waals surface area contributed by atoms with E-state index in [-0.39, 0.29) is 18.1 Å². The summed E-state index contributed by atoms with van der Waals surface area (Å²) in [5.74, 6) is 0.206. The molecule has 0 bridgehead atoms. The second-order valence-electron chi connectivity index (χ2n) is 5.38. The first-order valence-electron chi connectivity index (χ1n) is 7.36. The van der Waals surface area contributed by atoms with E-state index in [0.29, 0.717) is 0 Å². The van der Waals surface area contributed by atoms with E-state index in [0.717, 1.165) is 13.0 Å². The standard InChI is InChI=1S/C17H20N2OS/c1-3-19-16(15-10-9-12(2)21-15)18-14(17(19)20)11-13-7-5-4-6-8-13/h4-10,14,16,18H,3,11H2,1-2H3. The molecule has 21 heavy (non-hydrogen) atoms. The highest BCUT2D eigenvalue weighted by Gasteiger charge is 2.39. The number of benzene rings is 1. The van der Waals surface area contributed by atoms with E-state index in [2.05, 4.69) is 36.5 Å². The Kier molecular flexibility index (Phi) is 4.08. The molecule has 2 heterocycles. The minimum Gasteiger partial charge on any atom is -0.321 e. The van der Waals surface area contributed by atoms with Gasteiger partial charge in [-0.3, -0.25) is 10.1 Å². The summed E-state index contributed by atoms with van der Waals surface area (Å²) in [6.07, 6.45) is 0.770. The van der Waals surface area contributed by atoms with Crippen molar-refractivity contribution in [3.63, 3.8) is 0 Å². The van der Waals surface area contributed by atoms with Crippen LogP contribution < -0.4 is 5.32 Å². The van der Waals surface area contributed by atoms with Crippen molar-refractivity contribution in [2.75, 3.05) is 6.54 Å². The number of aryl methyl sites for hydroxylation is 1. The summed E-state index contributed by atoms with van der Waals surface area (Å²) in [6.45, 7) is 4.87. The zero-order valence-electron chi connectivity index (χ0n) is 12.4. The van der Waals surface area contributed by atoms with Gasteiger partial charge in [0, 0.05) is 16.3 Å². The molecular formula is C17H20N2OS. The van der Waals surface area contributed by atoms with E-state index in [1.165, 1.54) is 15.3 Å². The van der Waals surface area contributed by atoms with Gasteiger partial charge in [0.05, 0.1) is 6.04 Å². The zero-order valence-corrected chi connectivity index (χ0v) is 13.2. The second-order valence-corrected chi connectivity index (χ2v) is 6.70. The number of nitrogens with zero attached hydrogens (tertiary/aromatic N) is 1. The third kappa shape index (κ3) is 2.87. The maximum Gasteiger partial charge on any atom is 0.241 e. The van der Waals surface area contributed by atoms with Crippen molar-refractivity contribution >= 4 is 17.2 Å². The molecule has 1 aromatic carbocycles. The number of hydrogen-bond donors (Lipinski definition) is 1. The molecule has 2 atom stereocenters. The van der Waals surface area contributed by atoms with Crippen LogP contribution in [0, 0.1) is 6.92 Å². The van der Waals surface area contributed by atoms with E-state index in [1.54, 1.807) is 11.3 Å². The van der Waals surface area contributed by atoms with Crippen LogP contribution in [0.1, 0.15) is 28.4 Å². The van der Waals surface area contributed by atoms with Gasteiger partial charge in [-0.05, 0) is 38.0 Å². The van der Waals surface area contributed by atoms with E-state index in [9.17, 15) is 4.79 Å². The molecule has 1 amide bonds. The molecule has 0 saturated carbocycles. The lowest BCUT2D eigenvalue weighted by atomic mass is 10.1. The average molecular weight is 300 g/mol. The molecule has 1 saturated heterocycles. The molecule has 2 aromatic rings. The largest absolute Gasteiger partial charge is 0.321 e. The quantitative estimate of drug-likeness (QED) is 0.941. The number of rotatable bonds is 4. The third-order valence-electron chi connectivity index (χ3n) is 3.91. The number of likely N-dealkylation sites (N-methyl/N-ethyl adjacent to an activating group) is 1. The van der Waals surface area contributed by atoms with Crippen LogP contribution in [-0.2, 0) is 11.2 Å². The molecule has 4 heteroatoms. The molecule has 0 radical (unpaired) electrons. The first-order chi connectivity index (χ1) is 10.2. The van der Waals surface area contributed by atoms with Crippen LogP contribution in [0.15, 0.2) is 42.5 Å². The number of thiophene rings is 1. The summed E-state index contributed by atoms with van der Waals surface area (Å²) in [7, 11) is 0. The van der Waals surface area contributed by atoms with Gasteiger partial charge in [-0.1, -0.05) is 30.3 Å². The maximum absolute atomic E-state index is 12.6. The maximum atomic E-state index is 12.6. The van der Waals surface area contributed by atoms with Crippen LogP contribution in [-0.4, -0.2) is 23.4 Å². The third-order valence-corrected chi connectivity index (χ3v) is 4.96. The van der Waals surface area contributed by atoms with Crippen molar-refractivity contribution in [2.24, 2.45) is 0 Å². The van der Waals surface area contributed by atoms with Gasteiger partial charge in [0.2, 0.25) is 5.91 Å². The van der Waals surface area contributed by atoms with Crippen LogP contribution in [0.3, 0.4) is 0 Å². The molecule has 110 valence electrons. The summed E-state index contributed by atoms with van der Waals surface area (Å²) < 4.78 is 0. The highest BCUT2D eigenvalue weighted by Crippen LogP contribution is 2.31. The lowest BCUT2D eigenvalue weighted by Crippen LogP contribution is -2.32. The van der Waals surface area contributed by atoms with Crippen LogP contribution in [0.4, 0.5) is 0 Å². The molecule has 1 N–H and O–H groups in total. The molecule has 3 nitrogen and oxygen atoms in total. The second kappa shape index (κ2) is 6.00. The Morgan fingerprint density at radius 2 is 1.95 bits per heavy atom. The van der Waals surface area contributed by atoms with Gasteiger partial charge < -0.3 is 4.90 Å². The predicted octanol–water partition coefficient (Wildman–Crippen LogP) is 3.12. The van der Waals surface area contributed by atoms with E-state index >= 15 is 0 Å². The summed E-state index contributed by atoms with van der Waals surface area (Å²) >= 11 is 1.76. The number of nitrogens with one attached hydrogen (secondary N) is 1. The molecule has 1 aliphatic rings. The minimum absolute atomic E-state index is 0.0231. The highest BCUT2D eigenvalue weighted by molar-refractivity contribution is 7.12. The Balaban J connectivity index is 1.80. The smallest absolute Gasteiger partial charge is 0.241 e. The van der Waals surface area contributed by atoms with E-state index in [1.807, 2.05) is 30.0 Å². The van der Waals surface area contributed by atoms with Gasteiger partial charge in [-0.15, -0.1) is 11.3 Å². The fourth-order valence-electron chi connectivity index (χ4n) is 2.85. The Labute approximate surface area is 129 Å². The SMILES string of the molecule is CCN1C(=O)C(Cc2ccccc2)NC1c1ccc(C)s1. The van der Waals surface area contributed by atoms with Gasteiger partial charge in [0.1, 0.15) is 6.17 Å². The van der Waals surface area contributed by atoms with Crippen LogP contribution in [0.5, 0.6) is 0 Å². The lowest BCUT2D eigenvalue weighted by Gasteiger charge is -2.21. The first-order valence-corrected chi connectivity index (χ1v) is 8.17. The minimum atomic E-state index is -0.125. The van der Waals surface area contributed by atoms with Crippen molar-refractivity contribution in [1.29, 1.82) is 0 Å². The van der Waals surface area contributed by atoms with Crippen molar-refractivity contribution in [2.45, 2.75) is 32.5 Å². The van der Waals surface area contributed by atoms with Crippen molar-refractivity contribution in [1.82, 2.24) is 10.2 Å². The molecule has 1 aromatic heterocycles. The van der Waals surface area contributed by atoms with Gasteiger partial charge in [-0.2, -0.15) is 0 Å². The zero-order chi connectivity index (χ0) is 14.8. The summed E-state index contributed by atoms with van der Waals surface area (Å²) in [6, 6.07) is 14.3. The average Bonchev–Trinajstić information content (AvgIpc) is 3.05. The topological polar surface area (TPSA) is 32.3 Å². The van der Waals surface area contributed by atoms with Crippen molar-refractivity contribution < 1.29 is 4.79 Å². The van der Waals surface area contributed by atoms with E-state index in [4.69, 9.17) is 0 Å². The van der Waals surface area contributed by atoms with Gasteiger partial charge in [-0.25, -0.2) is 0 Å². The van der Waals surface area contributed by atoms with Gasteiger partial charge in [0.25, 0.3) is 0 Å². The number of hydrogen-bond acceptors (Lipinski definition) is 3. The molecule has 1 fully saturated rings. The lowest BCUT2D eigenvalue weighted by molar-refractivity contribution is -0.129. The molecular weight excluding hydrogens is 280 g/mol. The Hall–Kier alpha value is -1.65. The summed E-state index contributed by atoms with van der Waals surface area (Å²) in [4.78, 5) is 17.0. The van der Waals surface area contributed by atoms with Crippen molar-refractivity contribution in [3.05, 3.63) is 57.8 Å². The molecule has 2 unspecified atom stereocenters. The Bertz CT molecular complexity index is 623. The highest BCUT2D eigenvalue weighted by atomic mass is 32.1. The molecule has 1 aliphatic heterocycles. The normalized spacial score (nSPS) is 22.0. The number of carbonyl (C=O) groups excluding carboxylic acids is 1. The fraction of sp³-hybridized carbons (Fsp3) is 0.353. The van der Waals surface area contributed by atoms with Crippen molar-refractivity contribution in [3.8, 4) is 0 Å². The monoisotopic (exact) mass is 300 g/mol. The van der Waals surface area contributed by atoms with E-state index < -0.39 is 0 Å². The molecule has 0 aliphatic carbocycles. The molecule has 0 spiro atoms. The Morgan fingerprint density at radius 1 is 1.19 bits per heavy atom.